The molecule has 0 aromatic heterocycles. The molecule has 0 aliphatic rings. The molecule has 0 aromatic rings. The molecule has 1 N–H and O–H groups in total. The molecular weight excluding hydrogens is 272 g/mol. The van der Waals surface area contributed by atoms with Crippen LogP contribution in [0.5, 0.6) is 0 Å². The largest absolute Gasteiger partial charge is 0.463 e. The van der Waals surface area contributed by atoms with E-state index in [1.165, 1.54) is 0 Å². The lowest BCUT2D eigenvalue weighted by atomic mass is 9.95. The molecule has 0 spiro atoms. The van der Waals surface area contributed by atoms with E-state index in [9.17, 15) is 14.4 Å². The first kappa shape index (κ1) is 19.1. The van der Waals surface area contributed by atoms with Crippen LogP contribution >= 0.6 is 0 Å². The maximum Gasteiger partial charge on any atom is 0.333 e. The molecule has 120 valence electrons. The molecule has 0 saturated heterocycles. The number of hydrogen-bond donors (Lipinski definition) is 1. The number of hydrogen-bond acceptors (Lipinski definition) is 4. The Morgan fingerprint density at radius 3 is 2.43 bits per heavy atom. The minimum atomic E-state index is -0.377. The summed E-state index contributed by atoms with van der Waals surface area (Å²) in [5, 5.41) is 2.35. The number of carbonyl (C=O) groups excluding carboxylic acids is 3. The van der Waals surface area contributed by atoms with Gasteiger partial charge in [-0.15, -0.1) is 0 Å². The zero-order valence-corrected chi connectivity index (χ0v) is 13.5. The van der Waals surface area contributed by atoms with E-state index in [0.29, 0.717) is 18.6 Å². The normalized spacial score (nSPS) is 14.0. The van der Waals surface area contributed by atoms with Crippen molar-refractivity contribution in [3.8, 4) is 0 Å². The van der Waals surface area contributed by atoms with Crippen LogP contribution in [0, 0.1) is 5.92 Å². The highest BCUT2D eigenvalue weighted by Crippen LogP contribution is 2.17. The predicted octanol–water partition coefficient (Wildman–Crippen LogP) is 1.11. The van der Waals surface area contributed by atoms with E-state index in [1.54, 1.807) is 31.9 Å². The van der Waals surface area contributed by atoms with Gasteiger partial charge in [0.05, 0.1) is 19.2 Å². The molecule has 1 unspecified atom stereocenters. The predicted molar refractivity (Wildman–Crippen MR) is 80.5 cm³/mol. The first-order valence-electron chi connectivity index (χ1n) is 7.17. The lowest BCUT2D eigenvalue weighted by molar-refractivity contribution is -0.138. The second kappa shape index (κ2) is 9.96. The molecule has 0 aliphatic heterocycles. The molecular formula is C15H26N2O4. The summed E-state index contributed by atoms with van der Waals surface area (Å²) < 4.78 is 4.95. The highest BCUT2D eigenvalue weighted by Gasteiger charge is 2.23. The molecule has 0 aliphatic carbocycles. The molecule has 2 amide bonds. The standard InChI is InChI=1S/C15H26N2O4/c1-6-11(3)13(8-12(4)15(20)21-7-2)17(5)14(19)9-16-10-18/h8,10-11,13H,6-7,9H2,1-5H3,(H,16,18)/t11?,13-/m1/s1. The van der Waals surface area contributed by atoms with Crippen LogP contribution in [-0.4, -0.2) is 49.4 Å². The van der Waals surface area contributed by atoms with Gasteiger partial charge in [0.25, 0.3) is 0 Å². The Labute approximate surface area is 126 Å². The van der Waals surface area contributed by atoms with Crippen molar-refractivity contribution in [1.29, 1.82) is 0 Å². The van der Waals surface area contributed by atoms with Gasteiger partial charge in [-0.25, -0.2) is 4.79 Å². The third kappa shape index (κ3) is 6.42. The third-order valence-electron chi connectivity index (χ3n) is 3.42. The molecule has 0 bridgehead atoms. The fourth-order valence-electron chi connectivity index (χ4n) is 1.89. The van der Waals surface area contributed by atoms with Crippen LogP contribution < -0.4 is 5.32 Å². The van der Waals surface area contributed by atoms with Crippen molar-refractivity contribution in [3.05, 3.63) is 11.6 Å². The number of carbonyl (C=O) groups is 3. The van der Waals surface area contributed by atoms with Gasteiger partial charge in [-0.3, -0.25) is 9.59 Å². The Morgan fingerprint density at radius 2 is 1.95 bits per heavy atom. The van der Waals surface area contributed by atoms with Crippen LogP contribution in [0.25, 0.3) is 0 Å². The lowest BCUT2D eigenvalue weighted by Crippen LogP contribution is -2.44. The zero-order chi connectivity index (χ0) is 16.4. The number of likely N-dealkylation sites (N-methyl/N-ethyl adjacent to an activating group) is 1. The quantitative estimate of drug-likeness (QED) is 0.393. The monoisotopic (exact) mass is 298 g/mol. The minimum absolute atomic E-state index is 0.0563. The fourth-order valence-corrected chi connectivity index (χ4v) is 1.89. The Hall–Kier alpha value is -1.85. The molecule has 0 saturated carbocycles. The molecule has 2 atom stereocenters. The lowest BCUT2D eigenvalue weighted by Gasteiger charge is -2.30. The van der Waals surface area contributed by atoms with Gasteiger partial charge in [0, 0.05) is 12.6 Å². The number of nitrogens with zero attached hydrogens (tertiary/aromatic N) is 1. The highest BCUT2D eigenvalue weighted by molar-refractivity contribution is 5.88. The molecule has 0 aromatic carbocycles. The second-order valence-corrected chi connectivity index (χ2v) is 4.95. The molecule has 6 heteroatoms. The SMILES string of the molecule is CCOC(=O)C(C)=C[C@H](C(C)CC)N(C)C(=O)CNC=O. The third-order valence-corrected chi connectivity index (χ3v) is 3.42. The van der Waals surface area contributed by atoms with Gasteiger partial charge < -0.3 is 15.0 Å². The summed E-state index contributed by atoms with van der Waals surface area (Å²) in [6, 6.07) is -0.222. The Balaban J connectivity index is 5.11. The molecule has 6 nitrogen and oxygen atoms in total. The van der Waals surface area contributed by atoms with Crippen LogP contribution in [0.15, 0.2) is 11.6 Å². The van der Waals surface area contributed by atoms with Gasteiger partial charge >= 0.3 is 5.97 Å². The van der Waals surface area contributed by atoms with Crippen LogP contribution in [0.2, 0.25) is 0 Å². The van der Waals surface area contributed by atoms with Crippen molar-refractivity contribution in [3.63, 3.8) is 0 Å². The van der Waals surface area contributed by atoms with E-state index in [4.69, 9.17) is 4.74 Å². The smallest absolute Gasteiger partial charge is 0.333 e. The summed E-state index contributed by atoms with van der Waals surface area (Å²) in [5.74, 6) is -0.405. The van der Waals surface area contributed by atoms with Crippen molar-refractivity contribution >= 4 is 18.3 Å². The van der Waals surface area contributed by atoms with E-state index in [2.05, 4.69) is 5.32 Å². The molecule has 21 heavy (non-hydrogen) atoms. The van der Waals surface area contributed by atoms with Crippen LogP contribution in [-0.2, 0) is 19.1 Å². The van der Waals surface area contributed by atoms with E-state index in [1.807, 2.05) is 13.8 Å². The van der Waals surface area contributed by atoms with Crippen molar-refractivity contribution in [2.24, 2.45) is 5.92 Å². The summed E-state index contributed by atoms with van der Waals surface area (Å²) in [6.45, 7) is 7.71. The van der Waals surface area contributed by atoms with Gasteiger partial charge in [-0.05, 0) is 19.8 Å². The van der Waals surface area contributed by atoms with Crippen LogP contribution in [0.4, 0.5) is 0 Å². The summed E-state index contributed by atoms with van der Waals surface area (Å²) in [4.78, 5) is 35.5. The van der Waals surface area contributed by atoms with Crippen molar-refractivity contribution in [2.75, 3.05) is 20.2 Å². The average Bonchev–Trinajstić information content (AvgIpc) is 2.48. The van der Waals surface area contributed by atoms with Crippen LogP contribution in [0.3, 0.4) is 0 Å². The van der Waals surface area contributed by atoms with Crippen molar-refractivity contribution in [1.82, 2.24) is 10.2 Å². The molecule has 0 fully saturated rings. The second-order valence-electron chi connectivity index (χ2n) is 4.95. The maximum atomic E-state index is 12.0. The molecule has 0 heterocycles. The number of ether oxygens (including phenoxy) is 1. The minimum Gasteiger partial charge on any atom is -0.463 e. The first-order chi connectivity index (χ1) is 9.88. The van der Waals surface area contributed by atoms with Crippen molar-refractivity contribution < 1.29 is 19.1 Å². The summed E-state index contributed by atoms with van der Waals surface area (Å²) in [6.07, 6.45) is 3.10. The first-order valence-corrected chi connectivity index (χ1v) is 7.17. The molecule has 0 radical (unpaired) electrons. The Kier molecular flexibility index (Phi) is 9.08. The summed E-state index contributed by atoms with van der Waals surface area (Å²) in [7, 11) is 1.67. The van der Waals surface area contributed by atoms with Crippen molar-refractivity contribution in [2.45, 2.75) is 40.2 Å². The van der Waals surface area contributed by atoms with Gasteiger partial charge in [-0.2, -0.15) is 0 Å². The van der Waals surface area contributed by atoms with Crippen LogP contribution in [0.1, 0.15) is 34.1 Å². The fraction of sp³-hybridized carbons (Fsp3) is 0.667. The van der Waals surface area contributed by atoms with E-state index < -0.39 is 0 Å². The van der Waals surface area contributed by atoms with Gasteiger partial charge in [0.2, 0.25) is 12.3 Å². The number of nitrogens with one attached hydrogen (secondary N) is 1. The molecule has 0 rings (SSSR count). The van der Waals surface area contributed by atoms with Gasteiger partial charge in [-0.1, -0.05) is 26.3 Å². The van der Waals surface area contributed by atoms with Gasteiger partial charge in [0.15, 0.2) is 0 Å². The number of esters is 1. The summed E-state index contributed by atoms with van der Waals surface area (Å²) in [5.41, 5.74) is 0.477. The van der Waals surface area contributed by atoms with Gasteiger partial charge in [0.1, 0.15) is 0 Å². The van der Waals surface area contributed by atoms with E-state index >= 15 is 0 Å². The number of rotatable bonds is 9. The maximum absolute atomic E-state index is 12.0. The summed E-state index contributed by atoms with van der Waals surface area (Å²) >= 11 is 0. The Morgan fingerprint density at radius 1 is 1.33 bits per heavy atom. The highest BCUT2D eigenvalue weighted by atomic mass is 16.5. The number of amides is 2. The average molecular weight is 298 g/mol. The topological polar surface area (TPSA) is 75.7 Å². The van der Waals surface area contributed by atoms with E-state index in [-0.39, 0.29) is 30.4 Å². The Bertz CT molecular complexity index is 393. The zero-order valence-electron chi connectivity index (χ0n) is 13.5. The van der Waals surface area contributed by atoms with E-state index in [0.717, 1.165) is 6.42 Å².